The molecule has 1 fully saturated rings. The Bertz CT molecular complexity index is 482. The second kappa shape index (κ2) is 8.16. The minimum atomic E-state index is 0.218. The largest absolute Gasteiger partial charge is 0.508 e. The van der Waals surface area contributed by atoms with Gasteiger partial charge in [0.15, 0.2) is 0 Å². The van der Waals surface area contributed by atoms with Gasteiger partial charge in [0.05, 0.1) is 0 Å². The number of phenols is 1. The van der Waals surface area contributed by atoms with E-state index in [-0.39, 0.29) is 6.61 Å². The molecule has 0 unspecified atom stereocenters. The van der Waals surface area contributed by atoms with Crippen LogP contribution in [0.5, 0.6) is 5.75 Å². The quantitative estimate of drug-likeness (QED) is 0.843. The molecular weight excluding hydrogens is 300 g/mol. The summed E-state index contributed by atoms with van der Waals surface area (Å²) in [7, 11) is 0. The first-order valence-electron chi connectivity index (χ1n) is 8.04. The monoisotopic (exact) mass is 326 g/mol. The van der Waals surface area contributed by atoms with Crippen molar-refractivity contribution >= 4 is 11.6 Å². The third-order valence-electron chi connectivity index (χ3n) is 4.19. The van der Waals surface area contributed by atoms with Gasteiger partial charge in [0, 0.05) is 56.0 Å². The van der Waals surface area contributed by atoms with Gasteiger partial charge < -0.3 is 10.2 Å². The predicted molar refractivity (Wildman–Crippen MR) is 90.3 cm³/mol. The number of aliphatic hydroxyl groups is 1. The lowest BCUT2D eigenvalue weighted by Crippen LogP contribution is -2.53. The van der Waals surface area contributed by atoms with E-state index in [9.17, 15) is 10.2 Å². The van der Waals surface area contributed by atoms with E-state index in [1.54, 1.807) is 12.1 Å². The summed E-state index contributed by atoms with van der Waals surface area (Å²) in [6.07, 6.45) is 0.796. The van der Waals surface area contributed by atoms with Crippen molar-refractivity contribution in [2.45, 2.75) is 32.9 Å². The Morgan fingerprint density at radius 2 is 2.09 bits per heavy atom. The molecule has 1 aliphatic heterocycles. The van der Waals surface area contributed by atoms with Gasteiger partial charge in [0.1, 0.15) is 5.75 Å². The molecule has 1 atom stereocenters. The maximum Gasteiger partial charge on any atom is 0.120 e. The normalized spacial score (nSPS) is 20.7. The Labute approximate surface area is 138 Å². The summed E-state index contributed by atoms with van der Waals surface area (Å²) in [4.78, 5) is 4.82. The second-order valence-electron chi connectivity index (χ2n) is 6.56. The van der Waals surface area contributed by atoms with Crippen molar-refractivity contribution in [3.8, 4) is 5.75 Å². The summed E-state index contributed by atoms with van der Waals surface area (Å²) in [5.41, 5.74) is 0.868. The molecule has 1 saturated heterocycles. The molecule has 0 saturated carbocycles. The molecular formula is C17H27ClN2O2. The summed E-state index contributed by atoms with van der Waals surface area (Å²) in [5, 5.41) is 19.9. The Balaban J connectivity index is 2.00. The molecule has 0 spiro atoms. The Hall–Kier alpha value is -0.810. The molecule has 124 valence electrons. The lowest BCUT2D eigenvalue weighted by molar-refractivity contribution is 0.0474. The number of hydrogen-bond donors (Lipinski definition) is 2. The van der Waals surface area contributed by atoms with Gasteiger partial charge in [-0.15, -0.1) is 0 Å². The van der Waals surface area contributed by atoms with Crippen LogP contribution in [0.1, 0.15) is 25.8 Å². The Morgan fingerprint density at radius 1 is 1.32 bits per heavy atom. The summed E-state index contributed by atoms with van der Waals surface area (Å²) >= 11 is 6.02. The summed E-state index contributed by atoms with van der Waals surface area (Å²) < 4.78 is 0. The van der Waals surface area contributed by atoms with Crippen LogP contribution >= 0.6 is 11.6 Å². The minimum absolute atomic E-state index is 0.218. The smallest absolute Gasteiger partial charge is 0.120 e. The summed E-state index contributed by atoms with van der Waals surface area (Å²) in [6.45, 7) is 9.34. The van der Waals surface area contributed by atoms with Gasteiger partial charge in [-0.25, -0.2) is 0 Å². The van der Waals surface area contributed by atoms with Crippen molar-refractivity contribution in [1.29, 1.82) is 0 Å². The molecule has 0 aliphatic carbocycles. The number of rotatable bonds is 6. The number of phenolic OH excluding ortho intramolecular Hbond substituents is 1. The first kappa shape index (κ1) is 17.5. The molecule has 5 heteroatoms. The van der Waals surface area contributed by atoms with Crippen LogP contribution in [0.2, 0.25) is 5.02 Å². The van der Waals surface area contributed by atoms with Crippen LogP contribution in [0, 0.1) is 5.92 Å². The highest BCUT2D eigenvalue weighted by Crippen LogP contribution is 2.24. The molecule has 2 N–H and O–H groups in total. The number of aliphatic hydroxyl groups excluding tert-OH is 1. The highest BCUT2D eigenvalue weighted by molar-refractivity contribution is 6.30. The standard InChI is InChI=1S/C17H27ClN2O2/c1-13(2)10-20-7-6-19(12-16(20)5-8-21)11-14-9-15(18)3-4-17(14)22/h3-4,9,13,16,21-22H,5-8,10-12H2,1-2H3/t16-/m1/s1. The summed E-state index contributed by atoms with van der Waals surface area (Å²) in [6, 6.07) is 5.56. The van der Waals surface area contributed by atoms with E-state index in [4.69, 9.17) is 11.6 Å². The fraction of sp³-hybridized carbons (Fsp3) is 0.647. The first-order valence-corrected chi connectivity index (χ1v) is 8.42. The third-order valence-corrected chi connectivity index (χ3v) is 4.42. The molecule has 1 heterocycles. The van der Waals surface area contributed by atoms with Crippen LogP contribution in [-0.4, -0.2) is 58.8 Å². The molecule has 0 aromatic heterocycles. The molecule has 22 heavy (non-hydrogen) atoms. The van der Waals surface area contributed by atoms with Crippen molar-refractivity contribution in [1.82, 2.24) is 9.80 Å². The van der Waals surface area contributed by atoms with Crippen LogP contribution in [0.25, 0.3) is 0 Å². The maximum absolute atomic E-state index is 9.97. The lowest BCUT2D eigenvalue weighted by Gasteiger charge is -2.42. The Kier molecular flexibility index (Phi) is 6.50. The number of nitrogens with zero attached hydrogens (tertiary/aromatic N) is 2. The van der Waals surface area contributed by atoms with Crippen molar-refractivity contribution in [2.24, 2.45) is 5.92 Å². The highest BCUT2D eigenvalue weighted by atomic mass is 35.5. The Morgan fingerprint density at radius 3 is 2.77 bits per heavy atom. The van der Waals surface area contributed by atoms with Crippen molar-refractivity contribution in [3.63, 3.8) is 0 Å². The topological polar surface area (TPSA) is 46.9 Å². The van der Waals surface area contributed by atoms with E-state index in [2.05, 4.69) is 23.6 Å². The number of aromatic hydroxyl groups is 1. The molecule has 0 radical (unpaired) electrons. The average molecular weight is 327 g/mol. The number of hydrogen-bond acceptors (Lipinski definition) is 4. The van der Waals surface area contributed by atoms with Gasteiger partial charge in [-0.3, -0.25) is 9.80 Å². The van der Waals surface area contributed by atoms with Crippen molar-refractivity contribution < 1.29 is 10.2 Å². The number of piperazine rings is 1. The molecule has 1 aromatic carbocycles. The average Bonchev–Trinajstić information content (AvgIpc) is 2.45. The molecule has 2 rings (SSSR count). The zero-order valence-electron chi connectivity index (χ0n) is 13.5. The van der Waals surface area contributed by atoms with E-state index in [1.165, 1.54) is 0 Å². The van der Waals surface area contributed by atoms with Crippen LogP contribution in [0.4, 0.5) is 0 Å². The highest BCUT2D eigenvalue weighted by Gasteiger charge is 2.27. The minimum Gasteiger partial charge on any atom is -0.508 e. The third kappa shape index (κ3) is 4.85. The van der Waals surface area contributed by atoms with E-state index in [1.807, 2.05) is 6.07 Å². The van der Waals surface area contributed by atoms with Gasteiger partial charge >= 0.3 is 0 Å². The number of halogens is 1. The predicted octanol–water partition coefficient (Wildman–Crippen LogP) is 2.57. The van der Waals surface area contributed by atoms with Crippen LogP contribution in [-0.2, 0) is 6.54 Å². The van der Waals surface area contributed by atoms with Crippen LogP contribution in [0.3, 0.4) is 0 Å². The first-order chi connectivity index (χ1) is 10.5. The van der Waals surface area contributed by atoms with E-state index in [0.717, 1.165) is 38.2 Å². The SMILES string of the molecule is CC(C)CN1CCN(Cc2cc(Cl)ccc2O)C[C@H]1CCO. The summed E-state index contributed by atoms with van der Waals surface area (Å²) in [5.74, 6) is 0.928. The molecule has 4 nitrogen and oxygen atoms in total. The van der Waals surface area contributed by atoms with Gasteiger partial charge in [0.2, 0.25) is 0 Å². The van der Waals surface area contributed by atoms with Crippen molar-refractivity contribution in [2.75, 3.05) is 32.8 Å². The van der Waals surface area contributed by atoms with E-state index in [0.29, 0.717) is 29.3 Å². The zero-order chi connectivity index (χ0) is 16.1. The molecule has 0 bridgehead atoms. The van der Waals surface area contributed by atoms with Crippen LogP contribution in [0.15, 0.2) is 18.2 Å². The number of benzene rings is 1. The van der Waals surface area contributed by atoms with Gasteiger partial charge in [-0.05, 0) is 30.5 Å². The molecule has 0 amide bonds. The lowest BCUT2D eigenvalue weighted by atomic mass is 10.1. The van der Waals surface area contributed by atoms with Gasteiger partial charge in [-0.1, -0.05) is 25.4 Å². The van der Waals surface area contributed by atoms with Crippen molar-refractivity contribution in [3.05, 3.63) is 28.8 Å². The fourth-order valence-electron chi connectivity index (χ4n) is 3.15. The van der Waals surface area contributed by atoms with E-state index >= 15 is 0 Å². The zero-order valence-corrected chi connectivity index (χ0v) is 14.3. The van der Waals surface area contributed by atoms with Crippen LogP contribution < -0.4 is 0 Å². The molecule has 1 aromatic rings. The fourth-order valence-corrected chi connectivity index (χ4v) is 3.35. The van der Waals surface area contributed by atoms with Gasteiger partial charge in [0.25, 0.3) is 0 Å². The second-order valence-corrected chi connectivity index (χ2v) is 7.00. The maximum atomic E-state index is 9.97. The molecule has 1 aliphatic rings. The van der Waals surface area contributed by atoms with Gasteiger partial charge in [-0.2, -0.15) is 0 Å². The van der Waals surface area contributed by atoms with E-state index < -0.39 is 0 Å².